The van der Waals surface area contributed by atoms with Gasteiger partial charge in [0.2, 0.25) is 0 Å². The number of aldehydes is 1. The van der Waals surface area contributed by atoms with Gasteiger partial charge >= 0.3 is 0 Å². The van der Waals surface area contributed by atoms with Crippen molar-refractivity contribution in [2.45, 2.75) is 46.0 Å². The molecule has 0 heterocycles. The van der Waals surface area contributed by atoms with E-state index in [0.29, 0.717) is 5.41 Å². The maximum Gasteiger partial charge on any atom is 0.120 e. The SMILES string of the molecule is CC1=CCC[C@](C)(CCC=O)C1. The number of hydrogen-bond donors (Lipinski definition) is 0. The van der Waals surface area contributed by atoms with Crippen LogP contribution in [0.4, 0.5) is 0 Å². The molecule has 1 atom stereocenters. The minimum atomic E-state index is 0.403. The van der Waals surface area contributed by atoms with E-state index in [1.807, 2.05) is 0 Å². The minimum Gasteiger partial charge on any atom is -0.303 e. The van der Waals surface area contributed by atoms with Crippen LogP contribution in [0.15, 0.2) is 11.6 Å². The van der Waals surface area contributed by atoms with E-state index in [4.69, 9.17) is 0 Å². The Labute approximate surface area is 74.9 Å². The summed E-state index contributed by atoms with van der Waals surface area (Å²) in [5.41, 5.74) is 1.90. The zero-order valence-electron chi connectivity index (χ0n) is 8.10. The highest BCUT2D eigenvalue weighted by molar-refractivity contribution is 5.49. The normalized spacial score (nSPS) is 29.7. The van der Waals surface area contributed by atoms with E-state index in [-0.39, 0.29) is 0 Å². The third-order valence-corrected chi connectivity index (χ3v) is 2.81. The molecule has 0 radical (unpaired) electrons. The van der Waals surface area contributed by atoms with Crippen LogP contribution in [-0.2, 0) is 4.79 Å². The van der Waals surface area contributed by atoms with Crippen LogP contribution in [-0.4, -0.2) is 6.29 Å². The Hall–Kier alpha value is -0.590. The summed E-state index contributed by atoms with van der Waals surface area (Å²) >= 11 is 0. The molecule has 1 heteroatoms. The smallest absolute Gasteiger partial charge is 0.120 e. The van der Waals surface area contributed by atoms with Gasteiger partial charge in [-0.15, -0.1) is 0 Å². The zero-order valence-corrected chi connectivity index (χ0v) is 8.10. The monoisotopic (exact) mass is 166 g/mol. The molecule has 12 heavy (non-hydrogen) atoms. The van der Waals surface area contributed by atoms with Gasteiger partial charge < -0.3 is 4.79 Å². The second kappa shape index (κ2) is 3.88. The van der Waals surface area contributed by atoms with Crippen LogP contribution in [0.25, 0.3) is 0 Å². The van der Waals surface area contributed by atoms with E-state index in [1.165, 1.54) is 24.8 Å². The zero-order chi connectivity index (χ0) is 9.03. The molecule has 1 nitrogen and oxygen atoms in total. The van der Waals surface area contributed by atoms with Gasteiger partial charge in [-0.25, -0.2) is 0 Å². The Morgan fingerprint density at radius 1 is 1.67 bits per heavy atom. The van der Waals surface area contributed by atoms with Crippen LogP contribution >= 0.6 is 0 Å². The third kappa shape index (κ3) is 2.47. The maximum atomic E-state index is 10.3. The summed E-state index contributed by atoms with van der Waals surface area (Å²) in [6.07, 6.45) is 8.77. The third-order valence-electron chi connectivity index (χ3n) is 2.81. The molecule has 0 N–H and O–H groups in total. The number of rotatable bonds is 3. The fourth-order valence-corrected chi connectivity index (χ4v) is 2.12. The van der Waals surface area contributed by atoms with E-state index >= 15 is 0 Å². The van der Waals surface area contributed by atoms with Crippen molar-refractivity contribution in [2.75, 3.05) is 0 Å². The molecular weight excluding hydrogens is 148 g/mol. The average Bonchev–Trinajstić information content (AvgIpc) is 2.01. The standard InChI is InChI=1S/C11H18O/c1-10-5-3-6-11(2,9-10)7-4-8-12/h5,8H,3-4,6-7,9H2,1-2H3/t11-/m1/s1. The highest BCUT2D eigenvalue weighted by Crippen LogP contribution is 2.39. The number of carbonyl (C=O) groups excluding carboxylic acids is 1. The van der Waals surface area contributed by atoms with Crippen LogP contribution in [0.3, 0.4) is 0 Å². The van der Waals surface area contributed by atoms with Crippen LogP contribution in [0.5, 0.6) is 0 Å². The van der Waals surface area contributed by atoms with Crippen molar-refractivity contribution >= 4 is 6.29 Å². The van der Waals surface area contributed by atoms with Gasteiger partial charge in [0, 0.05) is 6.42 Å². The van der Waals surface area contributed by atoms with Crippen molar-refractivity contribution in [3.05, 3.63) is 11.6 Å². The first-order valence-electron chi connectivity index (χ1n) is 4.76. The lowest BCUT2D eigenvalue weighted by molar-refractivity contribution is -0.108. The molecule has 0 fully saturated rings. The molecule has 0 aromatic heterocycles. The molecule has 0 bridgehead atoms. The minimum absolute atomic E-state index is 0.403. The lowest BCUT2D eigenvalue weighted by Crippen LogP contribution is -2.19. The molecule has 0 amide bonds. The fraction of sp³-hybridized carbons (Fsp3) is 0.727. The first-order valence-corrected chi connectivity index (χ1v) is 4.76. The molecule has 0 saturated heterocycles. The van der Waals surface area contributed by atoms with Crippen molar-refractivity contribution in [1.82, 2.24) is 0 Å². The van der Waals surface area contributed by atoms with Gasteiger partial charge in [0.15, 0.2) is 0 Å². The van der Waals surface area contributed by atoms with Crippen molar-refractivity contribution in [3.8, 4) is 0 Å². The molecule has 0 aromatic rings. The first kappa shape index (κ1) is 9.50. The Kier molecular flexibility index (Phi) is 3.07. The van der Waals surface area contributed by atoms with Gasteiger partial charge in [-0.2, -0.15) is 0 Å². The quantitative estimate of drug-likeness (QED) is 0.465. The molecular formula is C11H18O. The number of carbonyl (C=O) groups is 1. The summed E-state index contributed by atoms with van der Waals surface area (Å²) < 4.78 is 0. The van der Waals surface area contributed by atoms with Crippen molar-refractivity contribution in [2.24, 2.45) is 5.41 Å². The molecule has 0 aliphatic heterocycles. The molecule has 1 aliphatic rings. The fourth-order valence-electron chi connectivity index (χ4n) is 2.12. The van der Waals surface area contributed by atoms with Crippen molar-refractivity contribution in [1.29, 1.82) is 0 Å². The first-order chi connectivity index (χ1) is 5.66. The van der Waals surface area contributed by atoms with Gasteiger partial charge in [-0.1, -0.05) is 18.6 Å². The lowest BCUT2D eigenvalue weighted by atomic mass is 9.73. The van der Waals surface area contributed by atoms with Crippen LogP contribution in [0.2, 0.25) is 0 Å². The van der Waals surface area contributed by atoms with Crippen LogP contribution < -0.4 is 0 Å². The van der Waals surface area contributed by atoms with Crippen molar-refractivity contribution in [3.63, 3.8) is 0 Å². The second-order valence-electron chi connectivity index (χ2n) is 4.28. The summed E-state index contributed by atoms with van der Waals surface area (Å²) in [6, 6.07) is 0. The van der Waals surface area contributed by atoms with Gasteiger partial charge in [0.05, 0.1) is 0 Å². The molecule has 0 unspecified atom stereocenters. The van der Waals surface area contributed by atoms with E-state index < -0.39 is 0 Å². The molecule has 1 aliphatic carbocycles. The van der Waals surface area contributed by atoms with Gasteiger partial charge in [0.25, 0.3) is 0 Å². The highest BCUT2D eigenvalue weighted by atomic mass is 16.1. The molecule has 1 rings (SSSR count). The van der Waals surface area contributed by atoms with Crippen LogP contribution in [0, 0.1) is 5.41 Å². The topological polar surface area (TPSA) is 17.1 Å². The summed E-state index contributed by atoms with van der Waals surface area (Å²) in [5, 5.41) is 0. The van der Waals surface area contributed by atoms with E-state index in [9.17, 15) is 4.79 Å². The lowest BCUT2D eigenvalue weighted by Gasteiger charge is -2.32. The molecule has 0 spiro atoms. The van der Waals surface area contributed by atoms with Gasteiger partial charge in [0.1, 0.15) is 6.29 Å². The molecule has 0 saturated carbocycles. The van der Waals surface area contributed by atoms with Crippen molar-refractivity contribution < 1.29 is 4.79 Å². The second-order valence-corrected chi connectivity index (χ2v) is 4.28. The summed E-state index contributed by atoms with van der Waals surface area (Å²) in [5.74, 6) is 0. The van der Waals surface area contributed by atoms with Gasteiger partial charge in [-0.05, 0) is 38.0 Å². The molecule has 0 aromatic carbocycles. The Morgan fingerprint density at radius 3 is 3.00 bits per heavy atom. The predicted octanol–water partition coefficient (Wildman–Crippen LogP) is 3.10. The average molecular weight is 166 g/mol. The van der Waals surface area contributed by atoms with E-state index in [2.05, 4.69) is 19.9 Å². The predicted molar refractivity (Wildman–Crippen MR) is 51.0 cm³/mol. The van der Waals surface area contributed by atoms with Crippen LogP contribution in [0.1, 0.15) is 46.0 Å². The number of allylic oxidation sites excluding steroid dienone is 2. The number of hydrogen-bond acceptors (Lipinski definition) is 1. The van der Waals surface area contributed by atoms with Gasteiger partial charge in [-0.3, -0.25) is 0 Å². The summed E-state index contributed by atoms with van der Waals surface area (Å²) in [7, 11) is 0. The Bertz CT molecular complexity index is 193. The Balaban J connectivity index is 2.48. The highest BCUT2D eigenvalue weighted by Gasteiger charge is 2.25. The largest absolute Gasteiger partial charge is 0.303 e. The maximum absolute atomic E-state index is 10.3. The van der Waals surface area contributed by atoms with E-state index in [0.717, 1.165) is 19.1 Å². The van der Waals surface area contributed by atoms with E-state index in [1.54, 1.807) is 0 Å². The molecule has 68 valence electrons. The summed E-state index contributed by atoms with van der Waals surface area (Å²) in [4.78, 5) is 10.3. The summed E-state index contributed by atoms with van der Waals surface area (Å²) in [6.45, 7) is 4.49. The Morgan fingerprint density at radius 2 is 2.42 bits per heavy atom.